The number of furan rings is 1. The van der Waals surface area contributed by atoms with Crippen molar-refractivity contribution in [3.8, 4) is 11.5 Å². The van der Waals surface area contributed by atoms with E-state index in [1.165, 1.54) is 11.3 Å². The van der Waals surface area contributed by atoms with Crippen LogP contribution >= 0.6 is 11.3 Å². The largest absolute Gasteiger partial charge is 0.461 e. The minimum atomic E-state index is -0.394. The third-order valence-corrected chi connectivity index (χ3v) is 3.45. The molecule has 5 heteroatoms. The SMILES string of the molecule is CCOC(=O)c1nc(-c2cc3ccccc3o2)cs1. The number of esters is 1. The molecule has 0 radical (unpaired) electrons. The van der Waals surface area contributed by atoms with Crippen LogP contribution in [0.5, 0.6) is 0 Å². The number of rotatable bonds is 3. The van der Waals surface area contributed by atoms with E-state index in [0.29, 0.717) is 23.1 Å². The van der Waals surface area contributed by atoms with E-state index in [2.05, 4.69) is 4.98 Å². The van der Waals surface area contributed by atoms with Crippen molar-refractivity contribution in [3.05, 3.63) is 40.7 Å². The fraction of sp³-hybridized carbons (Fsp3) is 0.143. The van der Waals surface area contributed by atoms with E-state index in [-0.39, 0.29) is 0 Å². The van der Waals surface area contributed by atoms with Gasteiger partial charge in [-0.25, -0.2) is 9.78 Å². The normalized spacial score (nSPS) is 10.8. The first kappa shape index (κ1) is 11.9. The molecule has 96 valence electrons. The molecule has 0 amide bonds. The van der Waals surface area contributed by atoms with Crippen LogP contribution in [0.25, 0.3) is 22.4 Å². The van der Waals surface area contributed by atoms with Gasteiger partial charge in [-0.3, -0.25) is 0 Å². The standard InChI is InChI=1S/C14H11NO3S/c1-2-17-14(16)13-15-10(8-19-13)12-7-9-5-3-4-6-11(9)18-12/h3-8H,2H2,1H3. The van der Waals surface area contributed by atoms with Crippen LogP contribution in [0, 0.1) is 0 Å². The van der Waals surface area contributed by atoms with Crippen molar-refractivity contribution in [1.82, 2.24) is 4.98 Å². The Morgan fingerprint density at radius 2 is 2.26 bits per heavy atom. The zero-order valence-corrected chi connectivity index (χ0v) is 11.1. The summed E-state index contributed by atoms with van der Waals surface area (Å²) in [6.07, 6.45) is 0. The lowest BCUT2D eigenvalue weighted by Crippen LogP contribution is -2.03. The van der Waals surface area contributed by atoms with E-state index in [1.807, 2.05) is 30.3 Å². The van der Waals surface area contributed by atoms with Crippen molar-refractivity contribution in [2.45, 2.75) is 6.92 Å². The van der Waals surface area contributed by atoms with Crippen LogP contribution in [0.4, 0.5) is 0 Å². The highest BCUT2D eigenvalue weighted by Gasteiger charge is 2.15. The Morgan fingerprint density at radius 3 is 3.05 bits per heavy atom. The molecular formula is C14H11NO3S. The van der Waals surface area contributed by atoms with E-state index in [1.54, 1.807) is 12.3 Å². The first-order chi connectivity index (χ1) is 9.28. The van der Waals surface area contributed by atoms with Gasteiger partial charge in [0.15, 0.2) is 5.76 Å². The van der Waals surface area contributed by atoms with Gasteiger partial charge < -0.3 is 9.15 Å². The number of carbonyl (C=O) groups excluding carboxylic acids is 1. The van der Waals surface area contributed by atoms with Crippen LogP contribution in [0.1, 0.15) is 16.7 Å². The molecule has 0 spiro atoms. The minimum Gasteiger partial charge on any atom is -0.461 e. The molecule has 2 heterocycles. The number of hydrogen-bond donors (Lipinski definition) is 0. The molecule has 0 bridgehead atoms. The lowest BCUT2D eigenvalue weighted by molar-refractivity contribution is 0.0526. The molecule has 3 aromatic rings. The first-order valence-corrected chi connectivity index (χ1v) is 6.77. The molecule has 4 nitrogen and oxygen atoms in total. The summed E-state index contributed by atoms with van der Waals surface area (Å²) in [6.45, 7) is 2.12. The van der Waals surface area contributed by atoms with Crippen LogP contribution in [-0.4, -0.2) is 17.6 Å². The van der Waals surface area contributed by atoms with Gasteiger partial charge in [0.25, 0.3) is 0 Å². The molecule has 0 saturated heterocycles. The number of nitrogens with zero attached hydrogens (tertiary/aromatic N) is 1. The number of para-hydroxylation sites is 1. The van der Waals surface area contributed by atoms with E-state index in [9.17, 15) is 4.79 Å². The van der Waals surface area contributed by atoms with Gasteiger partial charge in [-0.05, 0) is 19.1 Å². The summed E-state index contributed by atoms with van der Waals surface area (Å²) < 4.78 is 10.6. The van der Waals surface area contributed by atoms with Gasteiger partial charge >= 0.3 is 5.97 Å². The van der Waals surface area contributed by atoms with E-state index >= 15 is 0 Å². The van der Waals surface area contributed by atoms with Crippen molar-refractivity contribution in [1.29, 1.82) is 0 Å². The molecular weight excluding hydrogens is 262 g/mol. The Balaban J connectivity index is 1.96. The Kier molecular flexibility index (Phi) is 3.05. The first-order valence-electron chi connectivity index (χ1n) is 5.89. The van der Waals surface area contributed by atoms with Crippen molar-refractivity contribution in [2.75, 3.05) is 6.61 Å². The summed E-state index contributed by atoms with van der Waals surface area (Å²) >= 11 is 1.26. The van der Waals surface area contributed by atoms with Gasteiger partial charge in [-0.2, -0.15) is 0 Å². The summed E-state index contributed by atoms with van der Waals surface area (Å²) in [6, 6.07) is 9.66. The number of aromatic nitrogens is 1. The topological polar surface area (TPSA) is 52.3 Å². The van der Waals surface area contributed by atoms with Gasteiger partial charge in [0.1, 0.15) is 11.3 Å². The van der Waals surface area contributed by atoms with Crippen molar-refractivity contribution < 1.29 is 13.9 Å². The van der Waals surface area contributed by atoms with E-state index in [0.717, 1.165) is 11.0 Å². The molecule has 2 aromatic heterocycles. The fourth-order valence-electron chi connectivity index (χ4n) is 1.78. The van der Waals surface area contributed by atoms with Crippen LogP contribution < -0.4 is 0 Å². The quantitative estimate of drug-likeness (QED) is 0.682. The molecule has 1 aromatic carbocycles. The van der Waals surface area contributed by atoms with Crippen LogP contribution in [0.3, 0.4) is 0 Å². The van der Waals surface area contributed by atoms with Gasteiger partial charge in [0.05, 0.1) is 6.61 Å². The third-order valence-electron chi connectivity index (χ3n) is 2.63. The number of ether oxygens (including phenoxy) is 1. The second kappa shape index (κ2) is 4.85. The second-order valence-electron chi connectivity index (χ2n) is 3.91. The van der Waals surface area contributed by atoms with Crippen molar-refractivity contribution >= 4 is 28.3 Å². The summed E-state index contributed by atoms with van der Waals surface area (Å²) in [5.74, 6) is 0.267. The third kappa shape index (κ3) is 2.24. The minimum absolute atomic E-state index is 0.345. The summed E-state index contributed by atoms with van der Waals surface area (Å²) in [4.78, 5) is 15.8. The number of hydrogen-bond acceptors (Lipinski definition) is 5. The average Bonchev–Trinajstić information content (AvgIpc) is 3.05. The zero-order chi connectivity index (χ0) is 13.2. The van der Waals surface area contributed by atoms with Crippen molar-refractivity contribution in [2.24, 2.45) is 0 Å². The predicted molar refractivity (Wildman–Crippen MR) is 73.3 cm³/mol. The smallest absolute Gasteiger partial charge is 0.367 e. The zero-order valence-electron chi connectivity index (χ0n) is 10.3. The van der Waals surface area contributed by atoms with Crippen molar-refractivity contribution in [3.63, 3.8) is 0 Å². The summed E-state index contributed by atoms with van der Waals surface area (Å²) in [5, 5.41) is 3.16. The molecule has 0 aliphatic carbocycles. The molecule has 0 fully saturated rings. The van der Waals surface area contributed by atoms with Gasteiger partial charge in [-0.1, -0.05) is 18.2 Å². The van der Waals surface area contributed by atoms with E-state index < -0.39 is 5.97 Å². The number of fused-ring (bicyclic) bond motifs is 1. The van der Waals surface area contributed by atoms with E-state index in [4.69, 9.17) is 9.15 Å². The number of benzene rings is 1. The van der Waals surface area contributed by atoms with Gasteiger partial charge in [0.2, 0.25) is 5.01 Å². The second-order valence-corrected chi connectivity index (χ2v) is 4.76. The van der Waals surface area contributed by atoms with Crippen LogP contribution in [-0.2, 0) is 4.74 Å². The maximum Gasteiger partial charge on any atom is 0.367 e. The lowest BCUT2D eigenvalue weighted by Gasteiger charge is -1.95. The lowest BCUT2D eigenvalue weighted by atomic mass is 10.2. The highest BCUT2D eigenvalue weighted by atomic mass is 32.1. The fourth-order valence-corrected chi connectivity index (χ4v) is 2.48. The molecule has 0 atom stereocenters. The summed E-state index contributed by atoms with van der Waals surface area (Å²) in [7, 11) is 0. The highest BCUT2D eigenvalue weighted by molar-refractivity contribution is 7.11. The molecule has 0 unspecified atom stereocenters. The Hall–Kier alpha value is -2.14. The average molecular weight is 273 g/mol. The Labute approximate surface area is 113 Å². The number of carbonyl (C=O) groups is 1. The predicted octanol–water partition coefficient (Wildman–Crippen LogP) is 3.73. The highest BCUT2D eigenvalue weighted by Crippen LogP contribution is 2.28. The summed E-state index contributed by atoms with van der Waals surface area (Å²) in [5.41, 5.74) is 1.47. The molecule has 19 heavy (non-hydrogen) atoms. The van der Waals surface area contributed by atoms with Gasteiger partial charge in [0, 0.05) is 10.8 Å². The molecule has 0 N–H and O–H groups in total. The molecule has 0 aliphatic rings. The molecule has 0 saturated carbocycles. The monoisotopic (exact) mass is 273 g/mol. The maximum atomic E-state index is 11.6. The van der Waals surface area contributed by atoms with Crippen LogP contribution in [0.15, 0.2) is 40.1 Å². The molecule has 0 aliphatic heterocycles. The Morgan fingerprint density at radius 1 is 1.42 bits per heavy atom. The van der Waals surface area contributed by atoms with Crippen LogP contribution in [0.2, 0.25) is 0 Å². The Bertz CT molecular complexity index is 696. The molecule has 3 rings (SSSR count). The number of thiazole rings is 1. The van der Waals surface area contributed by atoms with Gasteiger partial charge in [-0.15, -0.1) is 11.3 Å². The maximum absolute atomic E-state index is 11.6.